The molecule has 1 aromatic rings. The minimum Gasteiger partial charge on any atom is -0.389 e. The molecular weight excluding hydrogens is 252 g/mol. The van der Waals surface area contributed by atoms with E-state index < -0.39 is 0 Å². The van der Waals surface area contributed by atoms with Gasteiger partial charge in [-0.2, -0.15) is 0 Å². The first-order valence-corrected chi connectivity index (χ1v) is 7.66. The van der Waals surface area contributed by atoms with Crippen molar-refractivity contribution in [1.29, 1.82) is 0 Å². The molecule has 1 aromatic carbocycles. The number of nitrogens with two attached hydrogens (primary N) is 1. The van der Waals surface area contributed by atoms with Gasteiger partial charge in [-0.25, -0.2) is 0 Å². The summed E-state index contributed by atoms with van der Waals surface area (Å²) < 4.78 is 0. The van der Waals surface area contributed by atoms with Crippen molar-refractivity contribution in [3.05, 3.63) is 29.3 Å². The molecule has 3 N–H and O–H groups in total. The molecule has 1 saturated carbocycles. The van der Waals surface area contributed by atoms with E-state index in [1.807, 2.05) is 12.1 Å². The fourth-order valence-electron chi connectivity index (χ4n) is 2.96. The van der Waals surface area contributed by atoms with Crippen molar-refractivity contribution in [1.82, 2.24) is 0 Å². The van der Waals surface area contributed by atoms with Crippen LogP contribution in [0, 0.1) is 12.8 Å². The van der Waals surface area contributed by atoms with E-state index in [-0.39, 0.29) is 0 Å². The van der Waals surface area contributed by atoms with Crippen LogP contribution in [0.5, 0.6) is 0 Å². The van der Waals surface area contributed by atoms with Crippen molar-refractivity contribution >= 4 is 22.9 Å². The van der Waals surface area contributed by atoms with Gasteiger partial charge in [-0.3, -0.25) is 0 Å². The number of thiocarbonyl (C=S) groups is 1. The van der Waals surface area contributed by atoms with Crippen LogP contribution in [0.15, 0.2) is 18.2 Å². The second kappa shape index (κ2) is 6.38. The maximum absolute atomic E-state index is 5.85. The van der Waals surface area contributed by atoms with Gasteiger partial charge >= 0.3 is 0 Å². The van der Waals surface area contributed by atoms with E-state index in [2.05, 4.69) is 25.2 Å². The molecule has 0 radical (unpaired) electrons. The quantitative estimate of drug-likeness (QED) is 0.647. The van der Waals surface area contributed by atoms with Gasteiger partial charge in [0.1, 0.15) is 4.99 Å². The molecule has 0 aromatic heterocycles. The third-order valence-corrected chi connectivity index (χ3v) is 4.45. The second-order valence-electron chi connectivity index (χ2n) is 5.73. The number of nitrogens with one attached hydrogen (secondary N) is 1. The lowest BCUT2D eigenvalue weighted by Crippen LogP contribution is -2.28. The van der Waals surface area contributed by atoms with Gasteiger partial charge < -0.3 is 11.1 Å². The highest BCUT2D eigenvalue weighted by atomic mass is 32.1. The lowest BCUT2D eigenvalue weighted by atomic mass is 9.95. The van der Waals surface area contributed by atoms with E-state index in [9.17, 15) is 0 Å². The van der Waals surface area contributed by atoms with E-state index in [4.69, 9.17) is 18.0 Å². The average molecular weight is 276 g/mol. The van der Waals surface area contributed by atoms with E-state index in [1.165, 1.54) is 37.7 Å². The predicted octanol–water partition coefficient (Wildman–Crippen LogP) is 4.01. The molecule has 0 heterocycles. The molecule has 0 bridgehead atoms. The van der Waals surface area contributed by atoms with Crippen molar-refractivity contribution in [2.75, 3.05) is 5.32 Å². The topological polar surface area (TPSA) is 38.0 Å². The summed E-state index contributed by atoms with van der Waals surface area (Å²) in [6.07, 6.45) is 6.59. The molecule has 0 amide bonds. The van der Waals surface area contributed by atoms with Crippen LogP contribution in [0.2, 0.25) is 0 Å². The molecule has 3 heteroatoms. The van der Waals surface area contributed by atoms with Crippen molar-refractivity contribution in [2.24, 2.45) is 11.7 Å². The number of hydrogen-bond donors (Lipinski definition) is 2. The zero-order valence-corrected chi connectivity index (χ0v) is 12.7. The van der Waals surface area contributed by atoms with E-state index in [0.29, 0.717) is 16.9 Å². The Hall–Kier alpha value is -1.09. The van der Waals surface area contributed by atoms with Crippen LogP contribution in [-0.2, 0) is 0 Å². The van der Waals surface area contributed by atoms with Gasteiger partial charge in [0.25, 0.3) is 0 Å². The lowest BCUT2D eigenvalue weighted by Gasteiger charge is -2.26. The molecule has 2 unspecified atom stereocenters. The number of aryl methyl sites for hydroxylation is 1. The lowest BCUT2D eigenvalue weighted by molar-refractivity contribution is 0.456. The second-order valence-corrected chi connectivity index (χ2v) is 6.17. The molecule has 1 fully saturated rings. The van der Waals surface area contributed by atoms with E-state index >= 15 is 0 Å². The molecule has 1 aliphatic carbocycles. The van der Waals surface area contributed by atoms with Crippen LogP contribution in [0.1, 0.15) is 50.2 Å². The molecule has 2 rings (SSSR count). The van der Waals surface area contributed by atoms with Crippen LogP contribution in [0.4, 0.5) is 5.69 Å². The van der Waals surface area contributed by atoms with Crippen LogP contribution >= 0.6 is 12.2 Å². The SMILES string of the molecule is Cc1cccc(C(N)=S)c1NC1CCCCCC1C. The Labute approximate surface area is 121 Å². The largest absolute Gasteiger partial charge is 0.389 e. The molecule has 1 aliphatic rings. The number of rotatable bonds is 3. The molecule has 2 nitrogen and oxygen atoms in total. The molecule has 19 heavy (non-hydrogen) atoms. The minimum absolute atomic E-state index is 0.479. The number of anilines is 1. The van der Waals surface area contributed by atoms with Gasteiger partial charge in [-0.15, -0.1) is 0 Å². The Morgan fingerprint density at radius 1 is 1.26 bits per heavy atom. The summed E-state index contributed by atoms with van der Waals surface area (Å²) in [5, 5.41) is 3.72. The molecule has 104 valence electrons. The standard InChI is InChI=1S/C16H24N2S/c1-11-7-4-3-5-10-14(11)18-15-12(2)8-6-9-13(15)16(17)19/h6,8-9,11,14,18H,3-5,7,10H2,1-2H3,(H2,17,19). The van der Waals surface area contributed by atoms with Gasteiger partial charge in [0.15, 0.2) is 0 Å². The Balaban J connectivity index is 2.24. The summed E-state index contributed by atoms with van der Waals surface area (Å²) in [7, 11) is 0. The van der Waals surface area contributed by atoms with Crippen molar-refractivity contribution in [3.8, 4) is 0 Å². The van der Waals surface area contributed by atoms with Gasteiger partial charge in [0.2, 0.25) is 0 Å². The monoisotopic (exact) mass is 276 g/mol. The number of para-hydroxylation sites is 1. The van der Waals surface area contributed by atoms with Gasteiger partial charge in [0, 0.05) is 17.3 Å². The number of benzene rings is 1. The minimum atomic E-state index is 0.479. The fraction of sp³-hybridized carbons (Fsp3) is 0.562. The normalized spacial score (nSPS) is 23.7. The number of hydrogen-bond acceptors (Lipinski definition) is 2. The Bertz CT molecular complexity index is 456. The summed E-state index contributed by atoms with van der Waals surface area (Å²) in [5.41, 5.74) is 9.18. The first-order chi connectivity index (χ1) is 9.09. The molecule has 0 spiro atoms. The van der Waals surface area contributed by atoms with Gasteiger partial charge in [0.05, 0.1) is 0 Å². The Morgan fingerprint density at radius 2 is 2.00 bits per heavy atom. The third-order valence-electron chi connectivity index (χ3n) is 4.23. The Kier molecular flexibility index (Phi) is 4.81. The molecule has 0 aliphatic heterocycles. The average Bonchev–Trinajstić information content (AvgIpc) is 2.57. The van der Waals surface area contributed by atoms with Crippen LogP contribution in [0.25, 0.3) is 0 Å². The predicted molar refractivity (Wildman–Crippen MR) is 86.7 cm³/mol. The van der Waals surface area contributed by atoms with Crippen LogP contribution in [-0.4, -0.2) is 11.0 Å². The summed E-state index contributed by atoms with van der Waals surface area (Å²) in [5.74, 6) is 0.710. The maximum atomic E-state index is 5.85. The fourth-order valence-corrected chi connectivity index (χ4v) is 3.13. The summed E-state index contributed by atoms with van der Waals surface area (Å²) >= 11 is 5.17. The van der Waals surface area contributed by atoms with E-state index in [0.717, 1.165) is 11.3 Å². The van der Waals surface area contributed by atoms with Gasteiger partial charge in [-0.1, -0.05) is 50.5 Å². The Morgan fingerprint density at radius 3 is 2.74 bits per heavy atom. The highest BCUT2D eigenvalue weighted by molar-refractivity contribution is 7.80. The molecule has 2 atom stereocenters. The van der Waals surface area contributed by atoms with Crippen molar-refractivity contribution in [3.63, 3.8) is 0 Å². The smallest absolute Gasteiger partial charge is 0.106 e. The first kappa shape index (κ1) is 14.3. The zero-order chi connectivity index (χ0) is 13.8. The van der Waals surface area contributed by atoms with Crippen molar-refractivity contribution in [2.45, 2.75) is 52.0 Å². The van der Waals surface area contributed by atoms with E-state index in [1.54, 1.807) is 0 Å². The summed E-state index contributed by atoms with van der Waals surface area (Å²) in [4.78, 5) is 0.479. The maximum Gasteiger partial charge on any atom is 0.106 e. The van der Waals surface area contributed by atoms with Gasteiger partial charge in [-0.05, 0) is 37.3 Å². The van der Waals surface area contributed by atoms with Crippen molar-refractivity contribution < 1.29 is 0 Å². The third kappa shape index (κ3) is 3.47. The molecular formula is C16H24N2S. The van der Waals surface area contributed by atoms with Crippen LogP contribution in [0.3, 0.4) is 0 Å². The molecule has 0 saturated heterocycles. The highest BCUT2D eigenvalue weighted by Gasteiger charge is 2.21. The summed E-state index contributed by atoms with van der Waals surface area (Å²) in [6, 6.07) is 6.69. The zero-order valence-electron chi connectivity index (χ0n) is 11.9. The summed E-state index contributed by atoms with van der Waals surface area (Å²) in [6.45, 7) is 4.47. The van der Waals surface area contributed by atoms with Crippen LogP contribution < -0.4 is 11.1 Å². The first-order valence-electron chi connectivity index (χ1n) is 7.25. The highest BCUT2D eigenvalue weighted by Crippen LogP contribution is 2.29.